The van der Waals surface area contributed by atoms with Gasteiger partial charge in [-0.25, -0.2) is 9.89 Å². The number of carbonyl (C=O) groups excluding carboxylic acids is 1. The molecular formula is C9H8ClN5O. The van der Waals surface area contributed by atoms with Crippen LogP contribution in [0.25, 0.3) is 0 Å². The maximum absolute atomic E-state index is 11.4. The molecule has 0 aliphatic heterocycles. The molecule has 2 rings (SSSR count). The molecule has 0 fully saturated rings. The fraction of sp³-hybridized carbons (Fsp3) is 0. The Bertz CT molecular complexity index is 484. The standard InChI is InChI=1S/C9H8ClN5O/c10-6-2-1-3-7(4-6)13-9(16)14-8-11-5-12-15-8/h1-5H,(H3,11,12,13,14,15,16). The summed E-state index contributed by atoms with van der Waals surface area (Å²) in [5.41, 5.74) is 0.601. The van der Waals surface area contributed by atoms with Crippen molar-refractivity contribution < 1.29 is 4.79 Å². The molecule has 1 heterocycles. The second-order valence-corrected chi connectivity index (χ2v) is 3.36. The van der Waals surface area contributed by atoms with Crippen molar-refractivity contribution in [3.8, 4) is 0 Å². The fourth-order valence-corrected chi connectivity index (χ4v) is 1.29. The van der Waals surface area contributed by atoms with E-state index >= 15 is 0 Å². The van der Waals surface area contributed by atoms with Crippen LogP contribution < -0.4 is 10.6 Å². The van der Waals surface area contributed by atoms with Crippen LogP contribution in [0.3, 0.4) is 0 Å². The maximum Gasteiger partial charge on any atom is 0.326 e. The number of amides is 2. The van der Waals surface area contributed by atoms with Gasteiger partial charge in [-0.1, -0.05) is 17.7 Å². The van der Waals surface area contributed by atoms with E-state index in [1.165, 1.54) is 6.33 Å². The summed E-state index contributed by atoms with van der Waals surface area (Å²) in [5, 5.41) is 11.7. The van der Waals surface area contributed by atoms with Crippen molar-refractivity contribution in [3.05, 3.63) is 35.6 Å². The van der Waals surface area contributed by atoms with Gasteiger partial charge >= 0.3 is 6.03 Å². The van der Waals surface area contributed by atoms with Gasteiger partial charge in [0, 0.05) is 10.7 Å². The van der Waals surface area contributed by atoms with E-state index in [1.807, 2.05) is 0 Å². The lowest BCUT2D eigenvalue weighted by molar-refractivity contribution is 0.262. The zero-order valence-electron chi connectivity index (χ0n) is 8.07. The minimum atomic E-state index is -0.418. The van der Waals surface area contributed by atoms with Gasteiger partial charge in [-0.2, -0.15) is 10.1 Å². The predicted molar refractivity (Wildman–Crippen MR) is 60.5 cm³/mol. The molecule has 6 nitrogen and oxygen atoms in total. The number of aromatic amines is 1. The van der Waals surface area contributed by atoms with E-state index in [2.05, 4.69) is 25.8 Å². The number of nitrogens with zero attached hydrogens (tertiary/aromatic N) is 2. The number of hydrogen-bond acceptors (Lipinski definition) is 3. The Hall–Kier alpha value is -2.08. The molecule has 0 saturated carbocycles. The second kappa shape index (κ2) is 4.63. The topological polar surface area (TPSA) is 82.7 Å². The molecule has 0 bridgehead atoms. The summed E-state index contributed by atoms with van der Waals surface area (Å²) in [5.74, 6) is 0.277. The molecule has 16 heavy (non-hydrogen) atoms. The molecule has 1 aromatic heterocycles. The number of benzene rings is 1. The molecular weight excluding hydrogens is 230 g/mol. The highest BCUT2D eigenvalue weighted by molar-refractivity contribution is 6.30. The first-order chi connectivity index (χ1) is 7.74. The minimum Gasteiger partial charge on any atom is -0.308 e. The van der Waals surface area contributed by atoms with Gasteiger partial charge in [-0.3, -0.25) is 5.32 Å². The largest absolute Gasteiger partial charge is 0.326 e. The monoisotopic (exact) mass is 237 g/mol. The molecule has 0 saturated heterocycles. The van der Waals surface area contributed by atoms with Crippen molar-refractivity contribution in [2.24, 2.45) is 0 Å². The number of carbonyl (C=O) groups is 1. The highest BCUT2D eigenvalue weighted by Gasteiger charge is 2.03. The van der Waals surface area contributed by atoms with Gasteiger partial charge < -0.3 is 5.32 Å². The summed E-state index contributed by atoms with van der Waals surface area (Å²) < 4.78 is 0. The van der Waals surface area contributed by atoms with Gasteiger partial charge in [0.05, 0.1) is 0 Å². The minimum absolute atomic E-state index is 0.277. The number of H-pyrrole nitrogens is 1. The van der Waals surface area contributed by atoms with E-state index < -0.39 is 6.03 Å². The fourth-order valence-electron chi connectivity index (χ4n) is 1.10. The van der Waals surface area contributed by atoms with Crippen LogP contribution in [0.4, 0.5) is 16.4 Å². The van der Waals surface area contributed by atoms with Crippen LogP contribution in [0.2, 0.25) is 5.02 Å². The molecule has 7 heteroatoms. The Morgan fingerprint density at radius 1 is 1.38 bits per heavy atom. The summed E-state index contributed by atoms with van der Waals surface area (Å²) in [7, 11) is 0. The maximum atomic E-state index is 11.4. The van der Waals surface area contributed by atoms with E-state index in [9.17, 15) is 4.79 Å². The van der Waals surface area contributed by atoms with Gasteiger partial charge in [0.25, 0.3) is 0 Å². The Morgan fingerprint density at radius 3 is 2.94 bits per heavy atom. The highest BCUT2D eigenvalue weighted by atomic mass is 35.5. The van der Waals surface area contributed by atoms with Crippen molar-refractivity contribution in [2.75, 3.05) is 10.6 Å². The van der Waals surface area contributed by atoms with Crippen LogP contribution in [-0.4, -0.2) is 21.2 Å². The van der Waals surface area contributed by atoms with Crippen LogP contribution in [0.1, 0.15) is 0 Å². The molecule has 1 aromatic carbocycles. The molecule has 0 atom stereocenters. The lowest BCUT2D eigenvalue weighted by Gasteiger charge is -2.04. The van der Waals surface area contributed by atoms with Crippen LogP contribution in [0.15, 0.2) is 30.6 Å². The Labute approximate surface area is 96.0 Å². The first-order valence-electron chi connectivity index (χ1n) is 4.43. The number of aromatic nitrogens is 3. The summed E-state index contributed by atoms with van der Waals surface area (Å²) in [6.45, 7) is 0. The average Bonchev–Trinajstić information content (AvgIpc) is 2.70. The summed E-state index contributed by atoms with van der Waals surface area (Å²) >= 11 is 5.77. The number of urea groups is 1. The van der Waals surface area contributed by atoms with Gasteiger partial charge in [-0.15, -0.1) is 0 Å². The van der Waals surface area contributed by atoms with E-state index in [1.54, 1.807) is 24.3 Å². The first kappa shape index (κ1) is 10.4. The SMILES string of the molecule is O=C(Nc1cccc(Cl)c1)Nc1ncn[nH]1. The van der Waals surface area contributed by atoms with Gasteiger partial charge in [0.1, 0.15) is 6.33 Å². The molecule has 0 spiro atoms. The highest BCUT2D eigenvalue weighted by Crippen LogP contribution is 2.14. The third kappa shape index (κ3) is 2.71. The third-order valence-electron chi connectivity index (χ3n) is 1.73. The molecule has 0 unspecified atom stereocenters. The summed E-state index contributed by atoms with van der Waals surface area (Å²) in [6, 6.07) is 6.42. The Kier molecular flexibility index (Phi) is 3.02. The van der Waals surface area contributed by atoms with E-state index in [0.29, 0.717) is 10.7 Å². The smallest absolute Gasteiger partial charge is 0.308 e. The van der Waals surface area contributed by atoms with Gasteiger partial charge in [-0.05, 0) is 18.2 Å². The average molecular weight is 238 g/mol. The second-order valence-electron chi connectivity index (χ2n) is 2.92. The van der Waals surface area contributed by atoms with Gasteiger partial charge in [0.2, 0.25) is 5.95 Å². The zero-order chi connectivity index (χ0) is 11.4. The lowest BCUT2D eigenvalue weighted by atomic mass is 10.3. The van der Waals surface area contributed by atoms with Crippen molar-refractivity contribution in [3.63, 3.8) is 0 Å². The Balaban J connectivity index is 1.97. The van der Waals surface area contributed by atoms with Crippen LogP contribution in [-0.2, 0) is 0 Å². The van der Waals surface area contributed by atoms with Gasteiger partial charge in [0.15, 0.2) is 0 Å². The van der Waals surface area contributed by atoms with Crippen LogP contribution >= 0.6 is 11.6 Å². The van der Waals surface area contributed by atoms with E-state index in [-0.39, 0.29) is 5.95 Å². The van der Waals surface area contributed by atoms with Crippen molar-refractivity contribution in [1.82, 2.24) is 15.2 Å². The summed E-state index contributed by atoms with van der Waals surface area (Å²) in [6.07, 6.45) is 1.30. The molecule has 2 aromatic rings. The van der Waals surface area contributed by atoms with Crippen LogP contribution in [0, 0.1) is 0 Å². The van der Waals surface area contributed by atoms with Crippen LogP contribution in [0.5, 0.6) is 0 Å². The molecule has 0 radical (unpaired) electrons. The number of anilines is 2. The summed E-state index contributed by atoms with van der Waals surface area (Å²) in [4.78, 5) is 15.2. The number of halogens is 1. The number of hydrogen-bond donors (Lipinski definition) is 3. The number of nitrogens with one attached hydrogen (secondary N) is 3. The van der Waals surface area contributed by atoms with Crippen molar-refractivity contribution in [2.45, 2.75) is 0 Å². The van der Waals surface area contributed by atoms with Crippen molar-refractivity contribution in [1.29, 1.82) is 0 Å². The number of rotatable bonds is 2. The molecule has 3 N–H and O–H groups in total. The predicted octanol–water partition coefficient (Wildman–Crippen LogP) is 2.10. The molecule has 0 aliphatic carbocycles. The normalized spacial score (nSPS) is 9.81. The first-order valence-corrected chi connectivity index (χ1v) is 4.81. The molecule has 2 amide bonds. The quantitative estimate of drug-likeness (QED) is 0.748. The Morgan fingerprint density at radius 2 is 2.25 bits per heavy atom. The molecule has 0 aliphatic rings. The van der Waals surface area contributed by atoms with E-state index in [0.717, 1.165) is 0 Å². The molecule has 82 valence electrons. The van der Waals surface area contributed by atoms with E-state index in [4.69, 9.17) is 11.6 Å². The van der Waals surface area contributed by atoms with Crippen molar-refractivity contribution >= 4 is 29.3 Å². The lowest BCUT2D eigenvalue weighted by Crippen LogP contribution is -2.20. The zero-order valence-corrected chi connectivity index (χ0v) is 8.82. The third-order valence-corrected chi connectivity index (χ3v) is 1.96.